The number of hydrogen-bond acceptors (Lipinski definition) is 4. The van der Waals surface area contributed by atoms with Crippen LogP contribution in [0.1, 0.15) is 33.5 Å². The molecule has 4 nitrogen and oxygen atoms in total. The SMILES string of the molecule is CCOC(=O)C(C)(NCC(C)C)c1ccc(Br)o1. The van der Waals surface area contributed by atoms with E-state index in [0.29, 0.717) is 29.5 Å². The van der Waals surface area contributed by atoms with E-state index in [9.17, 15) is 4.79 Å². The highest BCUT2D eigenvalue weighted by Gasteiger charge is 2.39. The van der Waals surface area contributed by atoms with Crippen molar-refractivity contribution in [2.45, 2.75) is 33.2 Å². The molecule has 1 aromatic heterocycles. The second-order valence-corrected chi connectivity index (χ2v) is 5.51. The van der Waals surface area contributed by atoms with Gasteiger partial charge >= 0.3 is 5.97 Å². The lowest BCUT2D eigenvalue weighted by atomic mass is 9.98. The number of rotatable bonds is 6. The van der Waals surface area contributed by atoms with Gasteiger partial charge in [-0.3, -0.25) is 5.32 Å². The van der Waals surface area contributed by atoms with E-state index in [1.165, 1.54) is 0 Å². The first-order valence-corrected chi connectivity index (χ1v) is 6.87. The standard InChI is InChI=1S/C13H20BrNO3/c1-5-17-12(16)13(4,15-8-9(2)3)10-6-7-11(14)18-10/h6-7,9,15H,5,8H2,1-4H3. The monoisotopic (exact) mass is 317 g/mol. The molecule has 0 aliphatic carbocycles. The summed E-state index contributed by atoms with van der Waals surface area (Å²) in [5, 5.41) is 3.22. The normalized spacial score (nSPS) is 14.6. The van der Waals surface area contributed by atoms with Crippen molar-refractivity contribution >= 4 is 21.9 Å². The third kappa shape index (κ3) is 3.59. The quantitative estimate of drug-likeness (QED) is 0.819. The van der Waals surface area contributed by atoms with Crippen molar-refractivity contribution in [1.29, 1.82) is 0 Å². The van der Waals surface area contributed by atoms with E-state index in [4.69, 9.17) is 9.15 Å². The molecule has 0 amide bonds. The number of carbonyl (C=O) groups excluding carboxylic acids is 1. The van der Waals surface area contributed by atoms with Gasteiger partial charge in [-0.2, -0.15) is 0 Å². The summed E-state index contributed by atoms with van der Waals surface area (Å²) in [7, 11) is 0. The Balaban J connectivity index is 2.96. The van der Waals surface area contributed by atoms with Gasteiger partial charge in [0.1, 0.15) is 5.76 Å². The average Bonchev–Trinajstić information content (AvgIpc) is 2.73. The van der Waals surface area contributed by atoms with Crippen LogP contribution in [0.5, 0.6) is 0 Å². The number of carbonyl (C=O) groups is 1. The van der Waals surface area contributed by atoms with E-state index in [-0.39, 0.29) is 5.97 Å². The van der Waals surface area contributed by atoms with Crippen LogP contribution in [0.4, 0.5) is 0 Å². The predicted octanol–water partition coefficient (Wildman–Crippen LogP) is 3.07. The highest BCUT2D eigenvalue weighted by molar-refractivity contribution is 9.10. The van der Waals surface area contributed by atoms with E-state index in [2.05, 4.69) is 35.1 Å². The van der Waals surface area contributed by atoms with Gasteiger partial charge < -0.3 is 9.15 Å². The summed E-state index contributed by atoms with van der Waals surface area (Å²) in [6.07, 6.45) is 0. The maximum Gasteiger partial charge on any atom is 0.333 e. The summed E-state index contributed by atoms with van der Waals surface area (Å²) >= 11 is 3.25. The maximum absolute atomic E-state index is 12.1. The summed E-state index contributed by atoms with van der Waals surface area (Å²) in [4.78, 5) is 12.1. The lowest BCUT2D eigenvalue weighted by Gasteiger charge is -2.27. The van der Waals surface area contributed by atoms with Crippen LogP contribution in [0.15, 0.2) is 21.2 Å². The van der Waals surface area contributed by atoms with E-state index in [1.54, 1.807) is 26.0 Å². The molecule has 102 valence electrons. The Kier molecular flexibility index (Phi) is 5.41. The Hall–Kier alpha value is -0.810. The summed E-state index contributed by atoms with van der Waals surface area (Å²) < 4.78 is 11.2. The molecule has 1 aromatic rings. The minimum atomic E-state index is -0.952. The lowest BCUT2D eigenvalue weighted by molar-refractivity contribution is -0.151. The molecule has 0 bridgehead atoms. The van der Waals surface area contributed by atoms with Crippen molar-refractivity contribution in [3.8, 4) is 0 Å². The summed E-state index contributed by atoms with van der Waals surface area (Å²) in [5.41, 5.74) is -0.952. The van der Waals surface area contributed by atoms with Crippen LogP contribution in [0, 0.1) is 5.92 Å². The minimum Gasteiger partial charge on any atom is -0.464 e. The van der Waals surface area contributed by atoms with Gasteiger partial charge in [0.15, 0.2) is 10.2 Å². The third-order valence-corrected chi connectivity index (χ3v) is 3.04. The van der Waals surface area contributed by atoms with Gasteiger partial charge in [-0.1, -0.05) is 13.8 Å². The molecule has 0 spiro atoms. The highest BCUT2D eigenvalue weighted by Crippen LogP contribution is 2.27. The molecule has 1 N–H and O–H groups in total. The van der Waals surface area contributed by atoms with Crippen molar-refractivity contribution in [2.75, 3.05) is 13.2 Å². The number of ether oxygens (including phenoxy) is 1. The van der Waals surface area contributed by atoms with Crippen molar-refractivity contribution in [2.24, 2.45) is 5.92 Å². The summed E-state index contributed by atoms with van der Waals surface area (Å²) in [5.74, 6) is 0.651. The van der Waals surface area contributed by atoms with Gasteiger partial charge in [-0.05, 0) is 54.4 Å². The fourth-order valence-electron chi connectivity index (χ4n) is 1.53. The zero-order valence-corrected chi connectivity index (χ0v) is 12.8. The van der Waals surface area contributed by atoms with E-state index in [0.717, 1.165) is 0 Å². The predicted molar refractivity (Wildman–Crippen MR) is 73.2 cm³/mol. The summed E-state index contributed by atoms with van der Waals surface area (Å²) in [6.45, 7) is 8.78. The van der Waals surface area contributed by atoms with Crippen LogP contribution in [0.3, 0.4) is 0 Å². The molecular weight excluding hydrogens is 298 g/mol. The molecule has 0 aliphatic rings. The number of hydrogen-bond donors (Lipinski definition) is 1. The topological polar surface area (TPSA) is 51.5 Å². The molecule has 0 radical (unpaired) electrons. The first-order valence-electron chi connectivity index (χ1n) is 6.08. The average molecular weight is 318 g/mol. The molecule has 0 saturated heterocycles. The van der Waals surface area contributed by atoms with Crippen LogP contribution in [0.2, 0.25) is 0 Å². The zero-order chi connectivity index (χ0) is 13.8. The van der Waals surface area contributed by atoms with E-state index < -0.39 is 5.54 Å². The molecule has 1 unspecified atom stereocenters. The molecule has 1 heterocycles. The van der Waals surface area contributed by atoms with Gasteiger partial charge in [-0.25, -0.2) is 4.79 Å². The van der Waals surface area contributed by atoms with Gasteiger partial charge in [0.25, 0.3) is 0 Å². The van der Waals surface area contributed by atoms with Crippen molar-refractivity contribution in [1.82, 2.24) is 5.32 Å². The van der Waals surface area contributed by atoms with Gasteiger partial charge in [0.2, 0.25) is 0 Å². The largest absolute Gasteiger partial charge is 0.464 e. The molecule has 0 aliphatic heterocycles. The molecule has 0 saturated carbocycles. The zero-order valence-electron chi connectivity index (χ0n) is 11.2. The third-order valence-electron chi connectivity index (χ3n) is 2.61. The fourth-order valence-corrected chi connectivity index (χ4v) is 1.83. The van der Waals surface area contributed by atoms with Gasteiger partial charge in [-0.15, -0.1) is 0 Å². The summed E-state index contributed by atoms with van der Waals surface area (Å²) in [6, 6.07) is 3.54. The Morgan fingerprint density at radius 3 is 2.67 bits per heavy atom. The maximum atomic E-state index is 12.1. The lowest BCUT2D eigenvalue weighted by Crippen LogP contribution is -2.48. The second-order valence-electron chi connectivity index (χ2n) is 4.72. The molecule has 18 heavy (non-hydrogen) atoms. The van der Waals surface area contributed by atoms with Crippen molar-refractivity contribution in [3.63, 3.8) is 0 Å². The highest BCUT2D eigenvalue weighted by atomic mass is 79.9. The Labute approximate surface area is 116 Å². The van der Waals surface area contributed by atoms with Crippen molar-refractivity contribution < 1.29 is 13.9 Å². The Bertz CT molecular complexity index is 403. The molecule has 1 rings (SSSR count). The van der Waals surface area contributed by atoms with Crippen LogP contribution in [0.25, 0.3) is 0 Å². The first-order chi connectivity index (χ1) is 8.40. The number of nitrogens with one attached hydrogen (secondary N) is 1. The Morgan fingerprint density at radius 2 is 2.22 bits per heavy atom. The fraction of sp³-hybridized carbons (Fsp3) is 0.615. The van der Waals surface area contributed by atoms with Crippen LogP contribution in [-0.2, 0) is 15.1 Å². The Morgan fingerprint density at radius 1 is 1.56 bits per heavy atom. The van der Waals surface area contributed by atoms with Gasteiger partial charge in [0.05, 0.1) is 6.61 Å². The molecule has 0 aromatic carbocycles. The van der Waals surface area contributed by atoms with Gasteiger partial charge in [0, 0.05) is 0 Å². The van der Waals surface area contributed by atoms with E-state index >= 15 is 0 Å². The number of esters is 1. The second kappa shape index (κ2) is 6.38. The molecular formula is C13H20BrNO3. The first kappa shape index (κ1) is 15.2. The smallest absolute Gasteiger partial charge is 0.333 e. The van der Waals surface area contributed by atoms with Crippen LogP contribution >= 0.6 is 15.9 Å². The molecule has 1 atom stereocenters. The van der Waals surface area contributed by atoms with Crippen LogP contribution in [-0.4, -0.2) is 19.1 Å². The van der Waals surface area contributed by atoms with E-state index in [1.807, 2.05) is 0 Å². The minimum absolute atomic E-state index is 0.326. The molecule has 0 fully saturated rings. The molecule has 5 heteroatoms. The number of furan rings is 1. The number of halogens is 1. The van der Waals surface area contributed by atoms with Crippen LogP contribution < -0.4 is 5.32 Å². The van der Waals surface area contributed by atoms with Crippen molar-refractivity contribution in [3.05, 3.63) is 22.6 Å².